The van der Waals surface area contributed by atoms with Gasteiger partial charge in [-0.25, -0.2) is 0 Å². The van der Waals surface area contributed by atoms with E-state index >= 15 is 0 Å². The molecule has 2 aliphatic heterocycles. The molecule has 6 heteroatoms. The van der Waals surface area contributed by atoms with E-state index in [1.807, 2.05) is 12.3 Å². The van der Waals surface area contributed by atoms with Crippen molar-refractivity contribution in [2.24, 2.45) is 0 Å². The van der Waals surface area contributed by atoms with Gasteiger partial charge in [0.1, 0.15) is 17.4 Å². The summed E-state index contributed by atoms with van der Waals surface area (Å²) in [5.74, 6) is 0.922. The Bertz CT molecular complexity index is 1020. The molecular weight excluding hydrogens is 426 g/mol. The molecule has 3 heterocycles. The molecule has 2 fully saturated rings. The second-order valence-electron chi connectivity index (χ2n) is 9.15. The fourth-order valence-electron chi connectivity index (χ4n) is 4.90. The van der Waals surface area contributed by atoms with Gasteiger partial charge in [-0.15, -0.1) is 0 Å². The topological polar surface area (TPSA) is 65.9 Å². The van der Waals surface area contributed by atoms with Gasteiger partial charge < -0.3 is 14.7 Å². The van der Waals surface area contributed by atoms with Gasteiger partial charge in [0.2, 0.25) is 0 Å². The summed E-state index contributed by atoms with van der Waals surface area (Å²) in [5, 5.41) is 8.03. The van der Waals surface area contributed by atoms with Crippen LogP contribution in [-0.2, 0) is 17.8 Å². The van der Waals surface area contributed by atoms with Crippen molar-refractivity contribution in [3.8, 4) is 5.75 Å². The molecule has 0 unspecified atom stereocenters. The number of ether oxygens (including phenoxy) is 1. The van der Waals surface area contributed by atoms with Crippen LogP contribution in [0.2, 0.25) is 0 Å². The van der Waals surface area contributed by atoms with Crippen molar-refractivity contribution in [1.82, 2.24) is 14.8 Å². The Morgan fingerprint density at radius 1 is 0.912 bits per heavy atom. The number of carbonyl (C=O) groups is 1. The van der Waals surface area contributed by atoms with Crippen molar-refractivity contribution in [2.75, 3.05) is 32.7 Å². The summed E-state index contributed by atoms with van der Waals surface area (Å²) in [4.78, 5) is 18.0. The third kappa shape index (κ3) is 6.78. The SMILES string of the molecule is O=CO.c1cnc2c(OC3CCN(CCc4ccc(CN5CCCC5)cc4)CC3)cccc2c1. The molecule has 0 saturated carbocycles. The molecule has 2 aliphatic rings. The molecule has 0 atom stereocenters. The fourth-order valence-corrected chi connectivity index (χ4v) is 4.90. The van der Waals surface area contributed by atoms with Crippen LogP contribution in [0.1, 0.15) is 36.8 Å². The highest BCUT2D eigenvalue weighted by molar-refractivity contribution is 5.84. The smallest absolute Gasteiger partial charge is 0.290 e. The van der Waals surface area contributed by atoms with Crippen molar-refractivity contribution < 1.29 is 14.6 Å². The first kappa shape index (κ1) is 24.2. The van der Waals surface area contributed by atoms with E-state index in [-0.39, 0.29) is 12.6 Å². The van der Waals surface area contributed by atoms with Crippen molar-refractivity contribution >= 4 is 17.4 Å². The van der Waals surface area contributed by atoms with Crippen LogP contribution >= 0.6 is 0 Å². The van der Waals surface area contributed by atoms with Crippen molar-refractivity contribution in [2.45, 2.75) is 44.8 Å². The number of hydrogen-bond acceptors (Lipinski definition) is 5. The lowest BCUT2D eigenvalue weighted by molar-refractivity contribution is -0.122. The van der Waals surface area contributed by atoms with Gasteiger partial charge in [0.05, 0.1) is 0 Å². The molecule has 1 aromatic heterocycles. The van der Waals surface area contributed by atoms with E-state index in [1.54, 1.807) is 0 Å². The zero-order chi connectivity index (χ0) is 23.6. The number of piperidine rings is 1. The maximum atomic E-state index is 8.36. The van der Waals surface area contributed by atoms with E-state index in [9.17, 15) is 0 Å². The van der Waals surface area contributed by atoms with E-state index in [0.29, 0.717) is 0 Å². The predicted octanol–water partition coefficient (Wildman–Crippen LogP) is 4.62. The van der Waals surface area contributed by atoms with E-state index in [2.05, 4.69) is 63.3 Å². The molecule has 0 bridgehead atoms. The van der Waals surface area contributed by atoms with E-state index < -0.39 is 0 Å². The van der Waals surface area contributed by atoms with Gasteiger partial charge in [0.25, 0.3) is 6.47 Å². The molecule has 0 spiro atoms. The molecule has 0 aliphatic carbocycles. The molecule has 6 nitrogen and oxygen atoms in total. The Hall–Kier alpha value is -2.96. The van der Waals surface area contributed by atoms with E-state index in [1.165, 1.54) is 37.1 Å². The average molecular weight is 462 g/mol. The lowest BCUT2D eigenvalue weighted by atomic mass is 10.1. The first-order valence-corrected chi connectivity index (χ1v) is 12.4. The third-order valence-electron chi connectivity index (χ3n) is 6.77. The lowest BCUT2D eigenvalue weighted by Crippen LogP contribution is -2.39. The van der Waals surface area contributed by atoms with Gasteiger partial charge in [-0.1, -0.05) is 42.5 Å². The molecule has 2 aromatic carbocycles. The minimum absolute atomic E-state index is 0.250. The van der Waals surface area contributed by atoms with Crippen LogP contribution in [-0.4, -0.2) is 65.2 Å². The molecule has 34 heavy (non-hydrogen) atoms. The zero-order valence-electron chi connectivity index (χ0n) is 19.8. The van der Waals surface area contributed by atoms with Gasteiger partial charge >= 0.3 is 0 Å². The Balaban J connectivity index is 0.000000868. The number of pyridine rings is 1. The van der Waals surface area contributed by atoms with E-state index in [4.69, 9.17) is 14.6 Å². The number of rotatable bonds is 7. The predicted molar refractivity (Wildman–Crippen MR) is 135 cm³/mol. The van der Waals surface area contributed by atoms with Crippen molar-refractivity contribution in [3.05, 3.63) is 71.9 Å². The minimum Gasteiger partial charge on any atom is -0.488 e. The number of fused-ring (bicyclic) bond motifs is 1. The summed E-state index contributed by atoms with van der Waals surface area (Å²) in [6.07, 6.45) is 8.14. The van der Waals surface area contributed by atoms with Crippen LogP contribution in [0.25, 0.3) is 10.9 Å². The van der Waals surface area contributed by atoms with Crippen LogP contribution in [0.15, 0.2) is 60.8 Å². The number of aromatic nitrogens is 1. The lowest BCUT2D eigenvalue weighted by Gasteiger charge is -2.32. The van der Waals surface area contributed by atoms with Gasteiger partial charge in [-0.2, -0.15) is 0 Å². The molecule has 0 radical (unpaired) electrons. The number of likely N-dealkylation sites (tertiary alicyclic amines) is 2. The van der Waals surface area contributed by atoms with Gasteiger partial charge in [0, 0.05) is 37.8 Å². The summed E-state index contributed by atoms with van der Waals surface area (Å²) >= 11 is 0. The monoisotopic (exact) mass is 461 g/mol. The fraction of sp³-hybridized carbons (Fsp3) is 0.429. The van der Waals surface area contributed by atoms with Crippen molar-refractivity contribution in [1.29, 1.82) is 0 Å². The first-order valence-electron chi connectivity index (χ1n) is 12.4. The number of para-hydroxylation sites is 1. The van der Waals surface area contributed by atoms with Gasteiger partial charge in [-0.3, -0.25) is 14.7 Å². The van der Waals surface area contributed by atoms with Crippen LogP contribution in [0, 0.1) is 0 Å². The number of hydrogen-bond donors (Lipinski definition) is 1. The molecule has 5 rings (SSSR count). The Morgan fingerprint density at radius 2 is 1.59 bits per heavy atom. The molecule has 3 aromatic rings. The second kappa shape index (κ2) is 12.5. The minimum atomic E-state index is -0.250. The average Bonchev–Trinajstić information content (AvgIpc) is 3.38. The van der Waals surface area contributed by atoms with E-state index in [0.717, 1.165) is 62.1 Å². The normalized spacial score (nSPS) is 17.3. The van der Waals surface area contributed by atoms with Gasteiger partial charge in [0.15, 0.2) is 0 Å². The maximum Gasteiger partial charge on any atom is 0.290 e. The zero-order valence-corrected chi connectivity index (χ0v) is 19.8. The first-order chi connectivity index (χ1) is 16.7. The van der Waals surface area contributed by atoms with Crippen LogP contribution < -0.4 is 4.74 Å². The highest BCUT2D eigenvalue weighted by Crippen LogP contribution is 2.26. The standard InChI is InChI=1S/C27H33N3O.CH2O2/c1-2-17-30(16-1)21-23-10-8-22(9-11-23)12-18-29-19-13-25(14-20-29)31-26-7-3-5-24-6-4-15-28-27(24)26;2-1-3/h3-11,15,25H,1-2,12-14,16-21H2;1H,(H,2,3). The van der Waals surface area contributed by atoms with Crippen molar-refractivity contribution in [3.63, 3.8) is 0 Å². The second-order valence-corrected chi connectivity index (χ2v) is 9.15. The van der Waals surface area contributed by atoms with Gasteiger partial charge in [-0.05, 0) is 68.5 Å². The summed E-state index contributed by atoms with van der Waals surface area (Å²) in [5.41, 5.74) is 3.87. The number of carboxylic acid groups (broad SMARTS) is 1. The summed E-state index contributed by atoms with van der Waals surface area (Å²) in [7, 11) is 0. The maximum absolute atomic E-state index is 8.36. The summed E-state index contributed by atoms with van der Waals surface area (Å²) in [6.45, 7) is 6.73. The molecule has 1 N–H and O–H groups in total. The summed E-state index contributed by atoms with van der Waals surface area (Å²) in [6, 6.07) is 19.6. The molecule has 180 valence electrons. The Labute approximate surface area is 202 Å². The quantitative estimate of drug-likeness (QED) is 0.518. The molecule has 2 saturated heterocycles. The number of nitrogens with zero attached hydrogens (tertiary/aromatic N) is 3. The highest BCUT2D eigenvalue weighted by atomic mass is 16.5. The van der Waals surface area contributed by atoms with Crippen LogP contribution in [0.4, 0.5) is 0 Å². The third-order valence-corrected chi connectivity index (χ3v) is 6.77. The van der Waals surface area contributed by atoms with Crippen LogP contribution in [0.3, 0.4) is 0 Å². The summed E-state index contributed by atoms with van der Waals surface area (Å²) < 4.78 is 6.35. The molecule has 0 amide bonds. The highest BCUT2D eigenvalue weighted by Gasteiger charge is 2.21. The Kier molecular flexibility index (Phi) is 8.88. The largest absolute Gasteiger partial charge is 0.488 e. The molecular formula is C28H35N3O3. The Morgan fingerprint density at radius 3 is 2.32 bits per heavy atom. The van der Waals surface area contributed by atoms with Crippen LogP contribution in [0.5, 0.6) is 5.75 Å². The number of benzene rings is 2.